The third-order valence-corrected chi connectivity index (χ3v) is 4.20. The Bertz CT molecular complexity index is 756. The highest BCUT2D eigenvalue weighted by Crippen LogP contribution is 2.20. The summed E-state index contributed by atoms with van der Waals surface area (Å²) in [6, 6.07) is 13.4. The van der Waals surface area contributed by atoms with Gasteiger partial charge in [-0.2, -0.15) is 0 Å². The van der Waals surface area contributed by atoms with Crippen molar-refractivity contribution in [1.29, 1.82) is 0 Å². The molecule has 6 heteroatoms. The Morgan fingerprint density at radius 2 is 1.88 bits per heavy atom. The maximum absolute atomic E-state index is 11.9. The lowest BCUT2D eigenvalue weighted by Gasteiger charge is -2.20. The number of rotatable bonds is 8. The molecule has 0 aliphatic heterocycles. The van der Waals surface area contributed by atoms with Gasteiger partial charge >= 0.3 is 0 Å². The largest absolute Gasteiger partial charge is 0.386 e. The van der Waals surface area contributed by atoms with Gasteiger partial charge in [-0.3, -0.25) is 4.79 Å². The molecule has 1 N–H and O–H groups in total. The Morgan fingerprint density at radius 1 is 1.19 bits per heavy atom. The van der Waals surface area contributed by atoms with E-state index >= 15 is 0 Å². The van der Waals surface area contributed by atoms with E-state index in [-0.39, 0.29) is 12.5 Å². The zero-order chi connectivity index (χ0) is 18.9. The van der Waals surface area contributed by atoms with Crippen LogP contribution in [0.1, 0.15) is 25.0 Å². The normalized spacial score (nSPS) is 10.8. The first kappa shape index (κ1) is 19.8. The van der Waals surface area contributed by atoms with Gasteiger partial charge in [0.2, 0.25) is 0 Å². The Hall–Kier alpha value is -2.53. The van der Waals surface area contributed by atoms with Crippen molar-refractivity contribution in [3.05, 3.63) is 58.6 Å². The van der Waals surface area contributed by atoms with E-state index in [2.05, 4.69) is 29.2 Å². The molecule has 0 radical (unpaired) electrons. The van der Waals surface area contributed by atoms with Gasteiger partial charge in [0.15, 0.2) is 6.61 Å². The number of oxime groups is 1. The molecular formula is C20H24ClN3O2. The molecule has 0 heterocycles. The number of amides is 1. The summed E-state index contributed by atoms with van der Waals surface area (Å²) in [5.74, 6) is -0.288. The van der Waals surface area contributed by atoms with Crippen molar-refractivity contribution in [3.63, 3.8) is 0 Å². The summed E-state index contributed by atoms with van der Waals surface area (Å²) in [5.41, 5.74) is 3.68. The fourth-order valence-corrected chi connectivity index (χ4v) is 2.64. The number of carbonyl (C=O) groups excluding carboxylic acids is 1. The van der Waals surface area contributed by atoms with Gasteiger partial charge in [-0.25, -0.2) is 0 Å². The van der Waals surface area contributed by atoms with Crippen molar-refractivity contribution in [2.24, 2.45) is 5.16 Å². The number of anilines is 2. The smallest absolute Gasteiger partial charge is 0.265 e. The Labute approximate surface area is 159 Å². The van der Waals surface area contributed by atoms with Crippen LogP contribution in [0.15, 0.2) is 47.6 Å². The molecule has 0 atom stereocenters. The van der Waals surface area contributed by atoms with Gasteiger partial charge in [0.25, 0.3) is 5.91 Å². The standard InChI is InChI=1S/C20H24ClN3O2/c1-4-24(5-2)18-10-7-16(8-11-18)13-22-26-14-20(25)23-19-12-17(21)9-6-15(19)3/h6-13H,4-5,14H2,1-3H3,(H,23,25)/b22-13-. The molecule has 0 spiro atoms. The number of hydrogen-bond acceptors (Lipinski definition) is 4. The quantitative estimate of drug-likeness (QED) is 0.548. The maximum atomic E-state index is 11.9. The first-order valence-corrected chi connectivity index (χ1v) is 8.97. The Morgan fingerprint density at radius 3 is 2.54 bits per heavy atom. The number of nitrogens with one attached hydrogen (secondary N) is 1. The molecule has 0 aliphatic rings. The zero-order valence-electron chi connectivity index (χ0n) is 15.3. The fourth-order valence-electron chi connectivity index (χ4n) is 2.47. The molecule has 138 valence electrons. The molecule has 0 aliphatic carbocycles. The van der Waals surface area contributed by atoms with Crippen LogP contribution in [0.4, 0.5) is 11.4 Å². The summed E-state index contributed by atoms with van der Waals surface area (Å²) in [4.78, 5) is 19.3. The van der Waals surface area contributed by atoms with Crippen LogP contribution in [0.5, 0.6) is 0 Å². The molecule has 26 heavy (non-hydrogen) atoms. The van der Waals surface area contributed by atoms with Crippen LogP contribution in [0.3, 0.4) is 0 Å². The number of nitrogens with zero attached hydrogens (tertiary/aromatic N) is 2. The molecule has 0 aromatic heterocycles. The third-order valence-electron chi connectivity index (χ3n) is 3.97. The lowest BCUT2D eigenvalue weighted by Crippen LogP contribution is -2.21. The van der Waals surface area contributed by atoms with Crippen LogP contribution in [-0.2, 0) is 9.63 Å². The van der Waals surface area contributed by atoms with Gasteiger partial charge in [0.1, 0.15) is 0 Å². The molecule has 0 saturated heterocycles. The minimum atomic E-state index is -0.288. The van der Waals surface area contributed by atoms with E-state index in [1.165, 1.54) is 5.69 Å². The number of carbonyl (C=O) groups is 1. The lowest BCUT2D eigenvalue weighted by atomic mass is 10.2. The number of benzene rings is 2. The second-order valence-electron chi connectivity index (χ2n) is 5.78. The third kappa shape index (κ3) is 5.77. The minimum absolute atomic E-state index is 0.167. The molecule has 2 rings (SSSR count). The summed E-state index contributed by atoms with van der Waals surface area (Å²) >= 11 is 5.93. The molecule has 2 aromatic carbocycles. The minimum Gasteiger partial charge on any atom is -0.386 e. The first-order valence-electron chi connectivity index (χ1n) is 8.59. The SMILES string of the molecule is CCN(CC)c1ccc(/C=N\OCC(=O)Nc2cc(Cl)ccc2C)cc1. The van der Waals surface area contributed by atoms with Crippen LogP contribution in [0.2, 0.25) is 5.02 Å². The van der Waals surface area contributed by atoms with Gasteiger partial charge in [-0.05, 0) is 56.2 Å². The maximum Gasteiger partial charge on any atom is 0.265 e. The van der Waals surface area contributed by atoms with E-state index in [0.29, 0.717) is 10.7 Å². The van der Waals surface area contributed by atoms with Crippen molar-refractivity contribution in [3.8, 4) is 0 Å². The van der Waals surface area contributed by atoms with E-state index in [4.69, 9.17) is 16.4 Å². The van der Waals surface area contributed by atoms with Gasteiger partial charge in [-0.15, -0.1) is 0 Å². The summed E-state index contributed by atoms with van der Waals surface area (Å²) in [7, 11) is 0. The van der Waals surface area contributed by atoms with Gasteiger partial charge in [-0.1, -0.05) is 35.0 Å². The highest BCUT2D eigenvalue weighted by Gasteiger charge is 2.06. The average molecular weight is 374 g/mol. The van der Waals surface area contributed by atoms with Crippen molar-refractivity contribution in [1.82, 2.24) is 0 Å². The van der Waals surface area contributed by atoms with E-state index in [0.717, 1.165) is 24.2 Å². The first-order chi connectivity index (χ1) is 12.5. The lowest BCUT2D eigenvalue weighted by molar-refractivity contribution is -0.120. The molecule has 2 aromatic rings. The number of aryl methyl sites for hydroxylation is 1. The van der Waals surface area contributed by atoms with E-state index < -0.39 is 0 Å². The van der Waals surface area contributed by atoms with E-state index in [9.17, 15) is 4.79 Å². The average Bonchev–Trinajstić information content (AvgIpc) is 2.64. The zero-order valence-corrected chi connectivity index (χ0v) is 16.1. The monoisotopic (exact) mass is 373 g/mol. The Kier molecular flexibility index (Phi) is 7.48. The summed E-state index contributed by atoms with van der Waals surface area (Å²) in [6.45, 7) is 7.92. The molecule has 0 bridgehead atoms. The Balaban J connectivity index is 1.83. The van der Waals surface area contributed by atoms with Crippen LogP contribution in [0.25, 0.3) is 0 Å². The molecule has 0 fully saturated rings. The molecule has 0 saturated carbocycles. The predicted molar refractivity (Wildman–Crippen MR) is 108 cm³/mol. The summed E-state index contributed by atoms with van der Waals surface area (Å²) < 4.78 is 0. The highest BCUT2D eigenvalue weighted by molar-refractivity contribution is 6.31. The molecule has 0 unspecified atom stereocenters. The van der Waals surface area contributed by atoms with Crippen LogP contribution in [-0.4, -0.2) is 31.8 Å². The number of halogens is 1. The van der Waals surface area contributed by atoms with Crippen molar-refractivity contribution in [2.75, 3.05) is 29.9 Å². The van der Waals surface area contributed by atoms with Crippen molar-refractivity contribution >= 4 is 35.1 Å². The molecule has 5 nitrogen and oxygen atoms in total. The highest BCUT2D eigenvalue weighted by atomic mass is 35.5. The van der Waals surface area contributed by atoms with E-state index in [1.54, 1.807) is 18.3 Å². The topological polar surface area (TPSA) is 53.9 Å². The van der Waals surface area contributed by atoms with Crippen molar-refractivity contribution in [2.45, 2.75) is 20.8 Å². The second-order valence-corrected chi connectivity index (χ2v) is 6.22. The van der Waals surface area contributed by atoms with E-state index in [1.807, 2.05) is 37.3 Å². The summed E-state index contributed by atoms with van der Waals surface area (Å²) in [5, 5.41) is 7.17. The van der Waals surface area contributed by atoms with Gasteiger partial charge in [0.05, 0.1) is 6.21 Å². The number of hydrogen-bond donors (Lipinski definition) is 1. The molecular weight excluding hydrogens is 350 g/mol. The molecule has 1 amide bonds. The second kappa shape index (κ2) is 9.82. The van der Waals surface area contributed by atoms with Crippen LogP contribution in [0, 0.1) is 6.92 Å². The summed E-state index contributed by atoms with van der Waals surface area (Å²) in [6.07, 6.45) is 1.59. The van der Waals surface area contributed by atoms with Crippen LogP contribution < -0.4 is 10.2 Å². The van der Waals surface area contributed by atoms with Gasteiger partial charge in [0, 0.05) is 29.5 Å². The van der Waals surface area contributed by atoms with Gasteiger partial charge < -0.3 is 15.1 Å². The predicted octanol–water partition coefficient (Wildman–Crippen LogP) is 4.48. The van der Waals surface area contributed by atoms with Crippen LogP contribution >= 0.6 is 11.6 Å². The fraction of sp³-hybridized carbons (Fsp3) is 0.300. The van der Waals surface area contributed by atoms with Crippen molar-refractivity contribution < 1.29 is 9.63 Å².